The summed E-state index contributed by atoms with van der Waals surface area (Å²) in [5, 5.41) is 0. The zero-order valence-electron chi connectivity index (χ0n) is 24.7. The number of carbonyl (C=O) groups excluding carboxylic acids is 1. The summed E-state index contributed by atoms with van der Waals surface area (Å²) in [4.78, 5) is 12.6. The molecule has 0 aliphatic carbocycles. The Labute approximate surface area is 229 Å². The van der Waals surface area contributed by atoms with Gasteiger partial charge in [-0.25, -0.2) is 4.79 Å². The normalized spacial score (nSPS) is 13.3. The van der Waals surface area contributed by atoms with E-state index in [0.29, 0.717) is 12.5 Å². The van der Waals surface area contributed by atoms with Crippen LogP contribution in [-0.2, 0) is 9.47 Å². The highest BCUT2D eigenvalue weighted by Gasteiger charge is 2.40. The van der Waals surface area contributed by atoms with Gasteiger partial charge in [0.2, 0.25) is 0 Å². The van der Waals surface area contributed by atoms with Gasteiger partial charge in [0.15, 0.2) is 0 Å². The van der Waals surface area contributed by atoms with E-state index in [0.717, 1.165) is 11.3 Å². The second kappa shape index (κ2) is 13.7. The van der Waals surface area contributed by atoms with Crippen molar-refractivity contribution < 1.29 is 14.3 Å². The van der Waals surface area contributed by atoms with E-state index in [2.05, 4.69) is 126 Å². The molecule has 0 aromatic heterocycles. The van der Waals surface area contributed by atoms with Gasteiger partial charge < -0.3 is 9.47 Å². The SMILES string of the molecule is C=C[Si](C=C)(C=C)C[Si](C)(C)C[Si](C)(C)COC(=O)OC[Si](C)(C)C[Si](C)(C)C[Si](C=C)(C=C)C=C. The van der Waals surface area contributed by atoms with Crippen LogP contribution in [0.5, 0.6) is 0 Å². The average molecular weight is 595 g/mol. The van der Waals surface area contributed by atoms with Gasteiger partial charge in [-0.1, -0.05) is 109 Å². The third-order valence-electron chi connectivity index (χ3n) is 6.93. The lowest BCUT2D eigenvalue weighted by molar-refractivity contribution is 0.0778. The zero-order valence-corrected chi connectivity index (χ0v) is 30.7. The van der Waals surface area contributed by atoms with Gasteiger partial charge in [-0.2, -0.15) is 0 Å². The lowest BCUT2D eigenvalue weighted by atomic mass is 11.2. The molecule has 0 spiro atoms. The van der Waals surface area contributed by atoms with Crippen LogP contribution >= 0.6 is 0 Å². The van der Waals surface area contributed by atoms with Gasteiger partial charge >= 0.3 is 6.16 Å². The fourth-order valence-corrected chi connectivity index (χ4v) is 49.5. The summed E-state index contributed by atoms with van der Waals surface area (Å²) in [6, 6.07) is 0. The predicted molar refractivity (Wildman–Crippen MR) is 179 cm³/mol. The van der Waals surface area contributed by atoms with Crippen LogP contribution in [0, 0.1) is 0 Å². The van der Waals surface area contributed by atoms with E-state index in [1.807, 2.05) is 0 Å². The summed E-state index contributed by atoms with van der Waals surface area (Å²) in [6.45, 7) is 43.4. The molecule has 204 valence electrons. The average Bonchev–Trinajstić information content (AvgIpc) is 2.77. The molecular formula is C27H54O3Si6. The second-order valence-electron chi connectivity index (χ2n) is 13.6. The van der Waals surface area contributed by atoms with Crippen molar-refractivity contribution in [2.24, 2.45) is 0 Å². The maximum atomic E-state index is 12.6. The molecule has 9 heteroatoms. The topological polar surface area (TPSA) is 35.5 Å². The fraction of sp³-hybridized carbons (Fsp3) is 0.519. The highest BCUT2D eigenvalue weighted by molar-refractivity contribution is 7.08. The van der Waals surface area contributed by atoms with Crippen molar-refractivity contribution in [3.05, 3.63) is 73.7 Å². The molecule has 0 radical (unpaired) electrons. The van der Waals surface area contributed by atoms with E-state index in [9.17, 15) is 4.79 Å². The first kappa shape index (κ1) is 35.0. The Bertz CT molecular complexity index is 720. The van der Waals surface area contributed by atoms with Crippen LogP contribution in [0.15, 0.2) is 73.7 Å². The van der Waals surface area contributed by atoms with Crippen molar-refractivity contribution >= 4 is 54.6 Å². The van der Waals surface area contributed by atoms with Gasteiger partial charge in [-0.15, -0.1) is 39.5 Å². The molecule has 0 amide bonds. The number of carbonyl (C=O) groups is 1. The Morgan fingerprint density at radius 2 is 0.750 bits per heavy atom. The van der Waals surface area contributed by atoms with Crippen LogP contribution in [0.2, 0.25) is 75.0 Å². The first-order chi connectivity index (χ1) is 16.3. The minimum absolute atomic E-state index is 0.501. The Hall–Kier alpha value is -0.989. The molecule has 0 aliphatic heterocycles. The van der Waals surface area contributed by atoms with Crippen molar-refractivity contribution in [1.82, 2.24) is 0 Å². The van der Waals surface area contributed by atoms with Crippen LogP contribution in [0.3, 0.4) is 0 Å². The highest BCUT2D eigenvalue weighted by atomic mass is 28.4. The standard InChI is InChI=1S/C27H54O3Si6/c1-15-35(16-2,17-3)25-33(11,12)23-31(7,8)21-29-27(28)30-22-32(9,10)24-34(13,14)26-36(18-4,19-5)20-6/h15-20H,1-6,21-26H2,7-14H3. The molecule has 0 saturated carbocycles. The van der Waals surface area contributed by atoms with Gasteiger partial charge in [0.25, 0.3) is 0 Å². The number of hydrogen-bond donors (Lipinski definition) is 0. The van der Waals surface area contributed by atoms with Gasteiger partial charge in [0.1, 0.15) is 16.1 Å². The second-order valence-corrected chi connectivity index (χ2v) is 44.1. The Morgan fingerprint density at radius 1 is 0.500 bits per heavy atom. The highest BCUT2D eigenvalue weighted by Crippen LogP contribution is 2.31. The van der Waals surface area contributed by atoms with E-state index in [1.165, 1.54) is 11.3 Å². The molecule has 0 heterocycles. The van der Waals surface area contributed by atoms with E-state index in [4.69, 9.17) is 9.47 Å². The van der Waals surface area contributed by atoms with Crippen LogP contribution in [0.4, 0.5) is 4.79 Å². The molecule has 0 aliphatic rings. The summed E-state index contributed by atoms with van der Waals surface area (Å²) in [5.74, 6) is 0. The van der Waals surface area contributed by atoms with Crippen molar-refractivity contribution in [2.45, 2.75) is 75.0 Å². The molecule has 0 atom stereocenters. The molecule has 0 saturated heterocycles. The van der Waals surface area contributed by atoms with Crippen molar-refractivity contribution in [2.75, 3.05) is 12.5 Å². The first-order valence-corrected chi connectivity index (χ1v) is 31.4. The Kier molecular flexibility index (Phi) is 13.3. The molecule has 0 aromatic rings. The third-order valence-corrected chi connectivity index (χ3v) is 41.2. The van der Waals surface area contributed by atoms with Crippen molar-refractivity contribution in [3.8, 4) is 0 Å². The molecule has 0 fully saturated rings. The van der Waals surface area contributed by atoms with E-state index >= 15 is 0 Å². The molecule has 0 N–H and O–H groups in total. The Morgan fingerprint density at radius 3 is 0.972 bits per heavy atom. The number of ether oxygens (including phenoxy) is 2. The van der Waals surface area contributed by atoms with Gasteiger partial charge in [-0.05, 0) is 0 Å². The van der Waals surface area contributed by atoms with Crippen molar-refractivity contribution in [3.63, 3.8) is 0 Å². The summed E-state index contributed by atoms with van der Waals surface area (Å²) in [5.41, 5.74) is 17.2. The maximum Gasteiger partial charge on any atom is 0.507 e. The number of rotatable bonds is 18. The van der Waals surface area contributed by atoms with E-state index in [-0.39, 0.29) is 0 Å². The monoisotopic (exact) mass is 594 g/mol. The summed E-state index contributed by atoms with van der Waals surface area (Å²) in [6.07, 6.45) is 0.497. The number of hydrogen-bond acceptors (Lipinski definition) is 3. The minimum Gasteiger partial charge on any atom is -0.438 e. The fourth-order valence-electron chi connectivity index (χ4n) is 5.96. The molecular weight excluding hydrogens is 541 g/mol. The molecule has 0 rings (SSSR count). The smallest absolute Gasteiger partial charge is 0.438 e. The van der Waals surface area contributed by atoms with Gasteiger partial charge in [-0.3, -0.25) is 0 Å². The van der Waals surface area contributed by atoms with Crippen LogP contribution in [0.1, 0.15) is 0 Å². The Balaban J connectivity index is 4.98. The quantitative estimate of drug-likeness (QED) is 0.118. The molecule has 0 aromatic carbocycles. The minimum atomic E-state index is -1.84. The summed E-state index contributed by atoms with van der Waals surface area (Å²) < 4.78 is 11.4. The van der Waals surface area contributed by atoms with E-state index in [1.54, 1.807) is 0 Å². The lowest BCUT2D eigenvalue weighted by Gasteiger charge is -2.36. The molecule has 0 bridgehead atoms. The van der Waals surface area contributed by atoms with Crippen LogP contribution in [0.25, 0.3) is 0 Å². The molecule has 36 heavy (non-hydrogen) atoms. The largest absolute Gasteiger partial charge is 0.507 e. The third kappa shape index (κ3) is 12.0. The van der Waals surface area contributed by atoms with E-state index < -0.39 is 54.6 Å². The summed E-state index contributed by atoms with van der Waals surface area (Å²) in [7, 11) is -10.2. The van der Waals surface area contributed by atoms with Crippen LogP contribution < -0.4 is 0 Å². The zero-order chi connectivity index (χ0) is 28.5. The van der Waals surface area contributed by atoms with Gasteiger partial charge in [0.05, 0.1) is 28.6 Å². The summed E-state index contributed by atoms with van der Waals surface area (Å²) >= 11 is 0. The molecule has 0 unspecified atom stereocenters. The van der Waals surface area contributed by atoms with Gasteiger partial charge in [0, 0.05) is 16.1 Å². The van der Waals surface area contributed by atoms with Crippen molar-refractivity contribution in [1.29, 1.82) is 0 Å². The maximum absolute atomic E-state index is 12.6. The lowest BCUT2D eigenvalue weighted by Crippen LogP contribution is -2.49. The predicted octanol–water partition coefficient (Wildman–Crippen LogP) is 8.46. The van der Waals surface area contributed by atoms with Crippen LogP contribution in [-0.4, -0.2) is 67.1 Å². The molecule has 3 nitrogen and oxygen atoms in total. The first-order valence-electron chi connectivity index (χ1n) is 12.9.